The fourth-order valence-corrected chi connectivity index (χ4v) is 3.41. The summed E-state index contributed by atoms with van der Waals surface area (Å²) in [7, 11) is 1.72. The molecule has 0 aromatic carbocycles. The van der Waals surface area contributed by atoms with Crippen molar-refractivity contribution in [2.24, 2.45) is 0 Å². The van der Waals surface area contributed by atoms with Crippen LogP contribution in [0.2, 0.25) is 0 Å². The number of rotatable bonds is 4. The molecule has 0 bridgehead atoms. The second-order valence-corrected chi connectivity index (χ2v) is 6.23. The molecular formula is C16H24N4O2. The molecule has 120 valence electrons. The fourth-order valence-electron chi connectivity index (χ4n) is 3.41. The number of carbonyl (C=O) groups excluding carboxylic acids is 1. The third-order valence-electron chi connectivity index (χ3n) is 4.62. The largest absolute Gasteiger partial charge is 0.380 e. The second kappa shape index (κ2) is 6.71. The Balaban J connectivity index is 1.74. The Labute approximate surface area is 131 Å². The van der Waals surface area contributed by atoms with Crippen LogP contribution in [0.1, 0.15) is 35.6 Å². The van der Waals surface area contributed by atoms with Gasteiger partial charge in [-0.15, -0.1) is 0 Å². The van der Waals surface area contributed by atoms with Crippen LogP contribution in [0.25, 0.3) is 0 Å². The lowest BCUT2D eigenvalue weighted by Gasteiger charge is -2.27. The van der Waals surface area contributed by atoms with Gasteiger partial charge in [0.2, 0.25) is 5.82 Å². The van der Waals surface area contributed by atoms with Gasteiger partial charge in [-0.1, -0.05) is 0 Å². The highest BCUT2D eigenvalue weighted by atomic mass is 16.5. The van der Waals surface area contributed by atoms with E-state index in [0.29, 0.717) is 12.4 Å². The molecule has 2 atom stereocenters. The number of amides is 1. The topological polar surface area (TPSA) is 58.6 Å². The van der Waals surface area contributed by atoms with Gasteiger partial charge in [0.15, 0.2) is 0 Å². The van der Waals surface area contributed by atoms with E-state index in [9.17, 15) is 4.79 Å². The van der Waals surface area contributed by atoms with Crippen molar-refractivity contribution in [1.82, 2.24) is 19.8 Å². The molecule has 0 aliphatic carbocycles. The molecule has 6 heteroatoms. The van der Waals surface area contributed by atoms with Gasteiger partial charge in [-0.3, -0.25) is 4.79 Å². The molecule has 2 aliphatic rings. The summed E-state index contributed by atoms with van der Waals surface area (Å²) < 4.78 is 5.49. The average molecular weight is 304 g/mol. The first-order chi connectivity index (χ1) is 10.7. The Bertz CT molecular complexity index is 531. The maximum absolute atomic E-state index is 12.8. The summed E-state index contributed by atoms with van der Waals surface area (Å²) in [5.41, 5.74) is 0.817. The van der Waals surface area contributed by atoms with Crippen molar-refractivity contribution in [2.45, 2.75) is 38.3 Å². The molecule has 0 saturated carbocycles. The van der Waals surface area contributed by atoms with Crippen molar-refractivity contribution in [1.29, 1.82) is 0 Å². The SMILES string of the molecule is CO[C@H]1C[C@@H](CN2CCCC2)N(C(=O)c2nccc(C)n2)C1. The van der Waals surface area contributed by atoms with Crippen LogP contribution in [-0.2, 0) is 4.74 Å². The Kier molecular flexibility index (Phi) is 4.69. The summed E-state index contributed by atoms with van der Waals surface area (Å²) >= 11 is 0. The first-order valence-corrected chi connectivity index (χ1v) is 8.03. The van der Waals surface area contributed by atoms with E-state index in [-0.39, 0.29) is 18.1 Å². The molecule has 6 nitrogen and oxygen atoms in total. The van der Waals surface area contributed by atoms with E-state index in [2.05, 4.69) is 14.9 Å². The molecule has 2 saturated heterocycles. The van der Waals surface area contributed by atoms with E-state index in [4.69, 9.17) is 4.74 Å². The van der Waals surface area contributed by atoms with Crippen LogP contribution in [0.3, 0.4) is 0 Å². The molecule has 0 unspecified atom stereocenters. The normalized spacial score (nSPS) is 25.8. The molecule has 3 rings (SSSR count). The molecule has 3 heterocycles. The van der Waals surface area contributed by atoms with Gasteiger partial charge in [0.05, 0.1) is 6.10 Å². The number of aryl methyl sites for hydroxylation is 1. The van der Waals surface area contributed by atoms with Crippen LogP contribution >= 0.6 is 0 Å². The first kappa shape index (κ1) is 15.4. The van der Waals surface area contributed by atoms with Gasteiger partial charge < -0.3 is 14.5 Å². The lowest BCUT2D eigenvalue weighted by Crippen LogP contribution is -2.43. The van der Waals surface area contributed by atoms with Crippen LogP contribution in [0.15, 0.2) is 12.3 Å². The predicted molar refractivity (Wildman–Crippen MR) is 82.7 cm³/mol. The van der Waals surface area contributed by atoms with E-state index in [0.717, 1.165) is 31.7 Å². The lowest BCUT2D eigenvalue weighted by atomic mass is 10.2. The van der Waals surface area contributed by atoms with Crippen molar-refractivity contribution in [2.75, 3.05) is 33.3 Å². The highest BCUT2D eigenvalue weighted by Crippen LogP contribution is 2.23. The number of methoxy groups -OCH3 is 1. The standard InChI is InChI=1S/C16H24N4O2/c1-12-5-6-17-15(18-12)16(21)20-11-14(22-2)9-13(20)10-19-7-3-4-8-19/h5-6,13-14H,3-4,7-11H2,1-2H3/t13-,14-/m0/s1. The quantitative estimate of drug-likeness (QED) is 0.834. The average Bonchev–Trinajstić information content (AvgIpc) is 3.16. The van der Waals surface area contributed by atoms with Crippen LogP contribution in [-0.4, -0.2) is 71.1 Å². The zero-order valence-electron chi connectivity index (χ0n) is 13.4. The molecule has 2 aliphatic heterocycles. The number of ether oxygens (including phenoxy) is 1. The minimum absolute atomic E-state index is 0.0764. The molecule has 0 spiro atoms. The summed E-state index contributed by atoms with van der Waals surface area (Å²) in [6.07, 6.45) is 5.17. The lowest BCUT2D eigenvalue weighted by molar-refractivity contribution is 0.0658. The molecule has 0 N–H and O–H groups in total. The number of aromatic nitrogens is 2. The minimum atomic E-state index is -0.0764. The Morgan fingerprint density at radius 2 is 2.18 bits per heavy atom. The second-order valence-electron chi connectivity index (χ2n) is 6.23. The van der Waals surface area contributed by atoms with Gasteiger partial charge >= 0.3 is 0 Å². The van der Waals surface area contributed by atoms with Gasteiger partial charge in [0, 0.05) is 38.1 Å². The predicted octanol–water partition coefficient (Wildman–Crippen LogP) is 1.11. The Morgan fingerprint density at radius 1 is 1.41 bits per heavy atom. The third kappa shape index (κ3) is 3.28. The molecule has 0 radical (unpaired) electrons. The molecule has 22 heavy (non-hydrogen) atoms. The third-order valence-corrected chi connectivity index (χ3v) is 4.62. The summed E-state index contributed by atoms with van der Waals surface area (Å²) in [5.74, 6) is 0.218. The maximum Gasteiger partial charge on any atom is 0.292 e. The number of carbonyl (C=O) groups is 1. The van der Waals surface area contributed by atoms with Crippen molar-refractivity contribution in [3.05, 3.63) is 23.8 Å². The number of likely N-dealkylation sites (tertiary alicyclic amines) is 2. The van der Waals surface area contributed by atoms with E-state index in [1.54, 1.807) is 19.4 Å². The molecular weight excluding hydrogens is 280 g/mol. The number of nitrogens with zero attached hydrogens (tertiary/aromatic N) is 4. The molecule has 1 aromatic heterocycles. The van der Waals surface area contributed by atoms with Gasteiger partial charge in [0.25, 0.3) is 5.91 Å². The highest BCUT2D eigenvalue weighted by molar-refractivity contribution is 5.91. The van der Waals surface area contributed by atoms with Crippen LogP contribution in [0, 0.1) is 6.92 Å². The Hall–Kier alpha value is -1.53. The summed E-state index contributed by atoms with van der Waals surface area (Å²) in [5, 5.41) is 0. The summed E-state index contributed by atoms with van der Waals surface area (Å²) in [6, 6.07) is 2.00. The van der Waals surface area contributed by atoms with Gasteiger partial charge in [-0.05, 0) is 45.3 Å². The number of hydrogen-bond donors (Lipinski definition) is 0. The first-order valence-electron chi connectivity index (χ1n) is 8.03. The van der Waals surface area contributed by atoms with Crippen molar-refractivity contribution in [3.63, 3.8) is 0 Å². The van der Waals surface area contributed by atoms with E-state index in [1.807, 2.05) is 11.8 Å². The van der Waals surface area contributed by atoms with Gasteiger partial charge in [0.1, 0.15) is 0 Å². The maximum atomic E-state index is 12.8. The van der Waals surface area contributed by atoms with Crippen molar-refractivity contribution < 1.29 is 9.53 Å². The van der Waals surface area contributed by atoms with Gasteiger partial charge in [-0.2, -0.15) is 0 Å². The highest BCUT2D eigenvalue weighted by Gasteiger charge is 2.37. The van der Waals surface area contributed by atoms with Crippen molar-refractivity contribution in [3.8, 4) is 0 Å². The van der Waals surface area contributed by atoms with E-state index >= 15 is 0 Å². The zero-order valence-corrected chi connectivity index (χ0v) is 13.4. The zero-order chi connectivity index (χ0) is 15.5. The Morgan fingerprint density at radius 3 is 2.86 bits per heavy atom. The fraction of sp³-hybridized carbons (Fsp3) is 0.688. The van der Waals surface area contributed by atoms with E-state index in [1.165, 1.54) is 12.8 Å². The summed E-state index contributed by atoms with van der Waals surface area (Å²) in [4.78, 5) is 25.5. The van der Waals surface area contributed by atoms with Crippen LogP contribution in [0.5, 0.6) is 0 Å². The van der Waals surface area contributed by atoms with Crippen molar-refractivity contribution >= 4 is 5.91 Å². The van der Waals surface area contributed by atoms with Gasteiger partial charge in [-0.25, -0.2) is 9.97 Å². The molecule has 1 aromatic rings. The van der Waals surface area contributed by atoms with Crippen LogP contribution < -0.4 is 0 Å². The molecule has 1 amide bonds. The summed E-state index contributed by atoms with van der Waals surface area (Å²) in [6.45, 7) is 5.71. The van der Waals surface area contributed by atoms with Crippen LogP contribution in [0.4, 0.5) is 0 Å². The minimum Gasteiger partial charge on any atom is -0.380 e. The van der Waals surface area contributed by atoms with E-state index < -0.39 is 0 Å². The monoisotopic (exact) mass is 304 g/mol. The smallest absolute Gasteiger partial charge is 0.292 e. The molecule has 2 fully saturated rings. The number of hydrogen-bond acceptors (Lipinski definition) is 5.